The third kappa shape index (κ3) is 2.62. The van der Waals surface area contributed by atoms with Crippen molar-refractivity contribution in [3.63, 3.8) is 0 Å². The fourth-order valence-corrected chi connectivity index (χ4v) is 0.653. The Labute approximate surface area is 51.9 Å². The maximum atomic E-state index is 3.68. The van der Waals surface area contributed by atoms with Gasteiger partial charge in [-0.05, 0) is 13.3 Å². The minimum atomic E-state index is 1.17. The van der Waals surface area contributed by atoms with E-state index in [1.165, 1.54) is 18.4 Å². The van der Waals surface area contributed by atoms with E-state index in [1.54, 1.807) is 0 Å². The van der Waals surface area contributed by atoms with Crippen molar-refractivity contribution >= 4 is 0 Å². The fraction of sp³-hybridized carbons (Fsp3) is 0.500. The number of allylic oxidation sites excluding steroid dienone is 3. The lowest BCUT2D eigenvalue weighted by Crippen LogP contribution is -1.73. The molecule has 0 heterocycles. The van der Waals surface area contributed by atoms with E-state index < -0.39 is 0 Å². The Bertz CT molecular complexity index is 88.2. The largest absolute Gasteiger partial charge is 0.0988 e. The molecular formula is C8H14. The van der Waals surface area contributed by atoms with Crippen LogP contribution in [0.2, 0.25) is 0 Å². The third-order valence-corrected chi connectivity index (χ3v) is 1.17. The second-order valence-corrected chi connectivity index (χ2v) is 1.82. The maximum absolute atomic E-state index is 3.68. The molecule has 0 saturated carbocycles. The van der Waals surface area contributed by atoms with E-state index >= 15 is 0 Å². The van der Waals surface area contributed by atoms with E-state index in [1.807, 2.05) is 13.0 Å². The van der Waals surface area contributed by atoms with Crippen LogP contribution in [0, 0.1) is 0 Å². The molecule has 0 aromatic carbocycles. The molecule has 0 amide bonds. The van der Waals surface area contributed by atoms with Crippen LogP contribution in [0.3, 0.4) is 0 Å². The minimum Gasteiger partial charge on any atom is -0.0988 e. The first-order valence-electron chi connectivity index (χ1n) is 3.12. The van der Waals surface area contributed by atoms with Crippen LogP contribution in [-0.4, -0.2) is 0 Å². The summed E-state index contributed by atoms with van der Waals surface area (Å²) in [6.07, 6.45) is 6.41. The Kier molecular flexibility index (Phi) is 4.33. The molecule has 0 saturated heterocycles. The van der Waals surface area contributed by atoms with Gasteiger partial charge in [0.1, 0.15) is 0 Å². The highest BCUT2D eigenvalue weighted by Gasteiger charge is 1.83. The molecule has 0 rings (SSSR count). The Morgan fingerprint density at radius 3 is 2.38 bits per heavy atom. The molecule has 0 unspecified atom stereocenters. The van der Waals surface area contributed by atoms with Gasteiger partial charge in [0.15, 0.2) is 0 Å². The van der Waals surface area contributed by atoms with Crippen molar-refractivity contribution in [2.24, 2.45) is 0 Å². The van der Waals surface area contributed by atoms with E-state index in [-0.39, 0.29) is 0 Å². The summed E-state index contributed by atoms with van der Waals surface area (Å²) in [5.74, 6) is 0. The van der Waals surface area contributed by atoms with Crippen LogP contribution in [0.5, 0.6) is 0 Å². The first-order valence-corrected chi connectivity index (χ1v) is 3.12. The number of rotatable bonds is 3. The van der Waals surface area contributed by atoms with Crippen LogP contribution in [0.25, 0.3) is 0 Å². The molecule has 0 aromatic rings. The van der Waals surface area contributed by atoms with Crippen LogP contribution in [0.4, 0.5) is 0 Å². The lowest BCUT2D eigenvalue weighted by molar-refractivity contribution is 0.925. The Morgan fingerprint density at radius 1 is 1.62 bits per heavy atom. The molecule has 0 bridgehead atoms. The molecule has 0 aliphatic heterocycles. The Morgan fingerprint density at radius 2 is 2.25 bits per heavy atom. The van der Waals surface area contributed by atoms with E-state index in [0.29, 0.717) is 0 Å². The van der Waals surface area contributed by atoms with Crippen molar-refractivity contribution in [3.8, 4) is 0 Å². The summed E-state index contributed by atoms with van der Waals surface area (Å²) in [4.78, 5) is 0. The van der Waals surface area contributed by atoms with Gasteiger partial charge in [-0.25, -0.2) is 0 Å². The average Bonchev–Trinajstić information content (AvgIpc) is 1.83. The predicted octanol–water partition coefficient (Wildman–Crippen LogP) is 2.92. The van der Waals surface area contributed by atoms with E-state index in [0.717, 1.165) is 0 Å². The summed E-state index contributed by atoms with van der Waals surface area (Å²) in [5.41, 5.74) is 1.35. The lowest BCUT2D eigenvalue weighted by atomic mass is 10.1. The van der Waals surface area contributed by atoms with Crippen molar-refractivity contribution < 1.29 is 0 Å². The summed E-state index contributed by atoms with van der Waals surface area (Å²) in [6.45, 7) is 7.90. The number of hydrogen-bond donors (Lipinski definition) is 0. The van der Waals surface area contributed by atoms with Crippen LogP contribution in [0.15, 0.2) is 24.3 Å². The highest BCUT2D eigenvalue weighted by molar-refractivity contribution is 5.14. The van der Waals surface area contributed by atoms with Gasteiger partial charge in [-0.1, -0.05) is 37.6 Å². The fourth-order valence-electron chi connectivity index (χ4n) is 0.653. The topological polar surface area (TPSA) is 0 Å². The van der Waals surface area contributed by atoms with Gasteiger partial charge in [0.05, 0.1) is 0 Å². The zero-order chi connectivity index (χ0) is 6.41. The first-order chi connectivity index (χ1) is 3.85. The monoisotopic (exact) mass is 110 g/mol. The minimum absolute atomic E-state index is 1.17. The lowest BCUT2D eigenvalue weighted by Gasteiger charge is -1.93. The molecule has 0 fully saturated rings. The summed E-state index contributed by atoms with van der Waals surface area (Å²) in [5, 5.41) is 0. The molecule has 0 aromatic heterocycles. The van der Waals surface area contributed by atoms with Gasteiger partial charge < -0.3 is 0 Å². The van der Waals surface area contributed by atoms with Gasteiger partial charge in [0.25, 0.3) is 0 Å². The van der Waals surface area contributed by atoms with Crippen LogP contribution < -0.4 is 0 Å². The van der Waals surface area contributed by atoms with Crippen LogP contribution in [0.1, 0.15) is 26.7 Å². The van der Waals surface area contributed by atoms with Crippen LogP contribution >= 0.6 is 0 Å². The molecule has 0 aliphatic rings. The van der Waals surface area contributed by atoms with E-state index in [4.69, 9.17) is 0 Å². The van der Waals surface area contributed by atoms with Crippen molar-refractivity contribution in [3.05, 3.63) is 24.3 Å². The Balaban J connectivity index is 3.54. The van der Waals surface area contributed by atoms with Gasteiger partial charge in [0, 0.05) is 0 Å². The van der Waals surface area contributed by atoms with Gasteiger partial charge in [-0.2, -0.15) is 0 Å². The highest BCUT2D eigenvalue weighted by atomic mass is 13.9. The highest BCUT2D eigenvalue weighted by Crippen LogP contribution is 2.03. The van der Waals surface area contributed by atoms with E-state index in [9.17, 15) is 0 Å². The van der Waals surface area contributed by atoms with Gasteiger partial charge in [0.2, 0.25) is 0 Å². The second-order valence-electron chi connectivity index (χ2n) is 1.82. The molecule has 0 heteroatoms. The summed E-state index contributed by atoms with van der Waals surface area (Å²) in [7, 11) is 0. The summed E-state index contributed by atoms with van der Waals surface area (Å²) >= 11 is 0. The smallest absolute Gasteiger partial charge is 0.0285 e. The molecule has 0 spiro atoms. The van der Waals surface area contributed by atoms with Crippen molar-refractivity contribution in [1.82, 2.24) is 0 Å². The van der Waals surface area contributed by atoms with Gasteiger partial charge in [-0.15, -0.1) is 0 Å². The van der Waals surface area contributed by atoms with Gasteiger partial charge in [-0.3, -0.25) is 0 Å². The van der Waals surface area contributed by atoms with Gasteiger partial charge >= 0.3 is 0 Å². The zero-order valence-electron chi connectivity index (χ0n) is 5.78. The predicted molar refractivity (Wildman–Crippen MR) is 38.9 cm³/mol. The standard InChI is InChI=1S/C8H14/c1-4-7-8(5-2)6-3/h5-6H,2,4,7H2,1,3H3/b8-6-. The molecule has 46 valence electrons. The van der Waals surface area contributed by atoms with Crippen molar-refractivity contribution in [2.75, 3.05) is 0 Å². The molecule has 0 nitrogen and oxygen atoms in total. The third-order valence-electron chi connectivity index (χ3n) is 1.17. The quantitative estimate of drug-likeness (QED) is 0.490. The molecule has 0 radical (unpaired) electrons. The molecular weight excluding hydrogens is 96.1 g/mol. The second kappa shape index (κ2) is 4.63. The van der Waals surface area contributed by atoms with Crippen molar-refractivity contribution in [2.45, 2.75) is 26.7 Å². The van der Waals surface area contributed by atoms with E-state index in [2.05, 4.69) is 19.6 Å². The first kappa shape index (κ1) is 7.48. The Hall–Kier alpha value is -0.520. The van der Waals surface area contributed by atoms with Crippen LogP contribution in [-0.2, 0) is 0 Å². The summed E-state index contributed by atoms with van der Waals surface area (Å²) in [6, 6.07) is 0. The zero-order valence-corrected chi connectivity index (χ0v) is 5.78. The van der Waals surface area contributed by atoms with Crippen molar-refractivity contribution in [1.29, 1.82) is 0 Å². The molecule has 0 aliphatic carbocycles. The maximum Gasteiger partial charge on any atom is -0.0285 e. The SMILES string of the molecule is C=C/C(=C/C)CCC. The molecule has 8 heavy (non-hydrogen) atoms. The average molecular weight is 110 g/mol. The molecule has 0 N–H and O–H groups in total. The normalized spacial score (nSPS) is 11.5. The molecule has 0 atom stereocenters. The number of hydrogen-bond acceptors (Lipinski definition) is 0. The summed E-state index contributed by atoms with van der Waals surface area (Å²) < 4.78 is 0.